The lowest BCUT2D eigenvalue weighted by atomic mass is 10.2. The Kier molecular flexibility index (Phi) is 3.52. The van der Waals surface area contributed by atoms with Crippen LogP contribution in [0.25, 0.3) is 10.9 Å². The lowest BCUT2D eigenvalue weighted by molar-refractivity contribution is 0.656. The summed E-state index contributed by atoms with van der Waals surface area (Å²) in [6.07, 6.45) is 0. The molecule has 2 aromatic rings. The minimum absolute atomic E-state index is 0.802. The average molecular weight is 237 g/mol. The van der Waals surface area contributed by atoms with Gasteiger partial charge in [-0.25, -0.2) is 0 Å². The van der Waals surface area contributed by atoms with Crippen LogP contribution in [0.3, 0.4) is 0 Å². The fraction of sp³-hybridized carbons (Fsp3) is 0.385. The average Bonchev–Trinajstić information content (AvgIpc) is 2.62. The molecule has 0 fully saturated rings. The molecule has 2 nitrogen and oxygen atoms in total. The van der Waals surface area contributed by atoms with Crippen LogP contribution < -0.4 is 5.32 Å². The maximum absolute atomic E-state index is 6.00. The zero-order chi connectivity index (χ0) is 11.5. The van der Waals surface area contributed by atoms with Gasteiger partial charge in [-0.1, -0.05) is 18.5 Å². The number of halogens is 1. The van der Waals surface area contributed by atoms with Crippen LogP contribution in [0.1, 0.15) is 19.5 Å². The highest BCUT2D eigenvalue weighted by atomic mass is 35.5. The summed E-state index contributed by atoms with van der Waals surface area (Å²) in [4.78, 5) is 0. The van der Waals surface area contributed by atoms with Crippen molar-refractivity contribution in [3.63, 3.8) is 0 Å². The van der Waals surface area contributed by atoms with Crippen molar-refractivity contribution in [3.05, 3.63) is 35.0 Å². The van der Waals surface area contributed by atoms with Crippen LogP contribution in [0.5, 0.6) is 0 Å². The van der Waals surface area contributed by atoms with Gasteiger partial charge in [0.25, 0.3) is 0 Å². The molecule has 0 bridgehead atoms. The maximum Gasteiger partial charge on any atom is 0.0483 e. The number of hydrogen-bond acceptors (Lipinski definition) is 1. The summed E-state index contributed by atoms with van der Waals surface area (Å²) in [5, 5.41) is 5.39. The zero-order valence-electron chi connectivity index (χ0n) is 9.76. The molecule has 1 N–H and O–H groups in total. The van der Waals surface area contributed by atoms with E-state index >= 15 is 0 Å². The summed E-state index contributed by atoms with van der Waals surface area (Å²) in [6.45, 7) is 7.19. The maximum atomic E-state index is 6.00. The van der Waals surface area contributed by atoms with E-state index < -0.39 is 0 Å². The molecular formula is C13H17ClN2. The first-order valence-electron chi connectivity index (χ1n) is 5.74. The van der Waals surface area contributed by atoms with Crippen LogP contribution in [0.15, 0.2) is 24.3 Å². The Morgan fingerprint density at radius 3 is 2.75 bits per heavy atom. The largest absolute Gasteiger partial charge is 0.344 e. The van der Waals surface area contributed by atoms with E-state index in [1.165, 1.54) is 16.6 Å². The Morgan fingerprint density at radius 1 is 1.25 bits per heavy atom. The zero-order valence-corrected chi connectivity index (χ0v) is 10.5. The van der Waals surface area contributed by atoms with Gasteiger partial charge in [-0.2, -0.15) is 0 Å². The van der Waals surface area contributed by atoms with Crippen molar-refractivity contribution >= 4 is 22.5 Å². The third-order valence-corrected chi connectivity index (χ3v) is 3.06. The van der Waals surface area contributed by atoms with E-state index in [1.807, 2.05) is 12.1 Å². The van der Waals surface area contributed by atoms with Gasteiger partial charge >= 0.3 is 0 Å². The van der Waals surface area contributed by atoms with Crippen molar-refractivity contribution in [1.82, 2.24) is 9.88 Å². The lowest BCUT2D eigenvalue weighted by Gasteiger charge is -2.07. The molecule has 3 heteroatoms. The van der Waals surface area contributed by atoms with Crippen LogP contribution in [-0.4, -0.2) is 11.1 Å². The second-order valence-corrected chi connectivity index (χ2v) is 4.30. The van der Waals surface area contributed by atoms with Crippen LogP contribution in [0, 0.1) is 0 Å². The molecule has 0 saturated heterocycles. The number of nitrogens with zero attached hydrogens (tertiary/aromatic N) is 1. The minimum atomic E-state index is 0.802. The highest BCUT2D eigenvalue weighted by molar-refractivity contribution is 6.31. The van der Waals surface area contributed by atoms with E-state index in [0.29, 0.717) is 0 Å². The van der Waals surface area contributed by atoms with Gasteiger partial charge in [-0.05, 0) is 37.7 Å². The molecule has 1 heterocycles. The lowest BCUT2D eigenvalue weighted by Crippen LogP contribution is -2.14. The van der Waals surface area contributed by atoms with Crippen LogP contribution in [0.4, 0.5) is 0 Å². The van der Waals surface area contributed by atoms with Gasteiger partial charge in [0, 0.05) is 34.7 Å². The number of fused-ring (bicyclic) bond motifs is 1. The predicted molar refractivity (Wildman–Crippen MR) is 70.0 cm³/mol. The highest BCUT2D eigenvalue weighted by Crippen LogP contribution is 2.23. The first-order valence-corrected chi connectivity index (χ1v) is 6.12. The fourth-order valence-electron chi connectivity index (χ4n) is 2.07. The third kappa shape index (κ3) is 2.08. The smallest absolute Gasteiger partial charge is 0.0483 e. The molecule has 86 valence electrons. The molecule has 0 aliphatic rings. The molecule has 0 atom stereocenters. The van der Waals surface area contributed by atoms with Crippen LogP contribution in [0.2, 0.25) is 5.02 Å². The molecule has 16 heavy (non-hydrogen) atoms. The second kappa shape index (κ2) is 4.89. The quantitative estimate of drug-likeness (QED) is 0.861. The van der Waals surface area contributed by atoms with Gasteiger partial charge < -0.3 is 9.88 Å². The van der Waals surface area contributed by atoms with E-state index in [4.69, 9.17) is 11.6 Å². The van der Waals surface area contributed by atoms with Crippen molar-refractivity contribution in [2.24, 2.45) is 0 Å². The summed E-state index contributed by atoms with van der Waals surface area (Å²) in [5.74, 6) is 0. The van der Waals surface area contributed by atoms with E-state index in [1.54, 1.807) is 0 Å². The second-order valence-electron chi connectivity index (χ2n) is 3.86. The molecule has 0 saturated carbocycles. The Balaban J connectivity index is 2.48. The molecule has 0 amide bonds. The Labute approximate surface area is 101 Å². The van der Waals surface area contributed by atoms with E-state index in [-0.39, 0.29) is 0 Å². The standard InChI is InChI=1S/C13H17ClN2/c1-3-15-9-12-8-10-7-11(14)5-6-13(10)16(12)4-2/h5-8,15H,3-4,9H2,1-2H3. The number of aromatic nitrogens is 1. The van der Waals surface area contributed by atoms with Gasteiger partial charge in [0.1, 0.15) is 0 Å². The van der Waals surface area contributed by atoms with Gasteiger partial charge in [0.2, 0.25) is 0 Å². The number of aryl methyl sites for hydroxylation is 1. The van der Waals surface area contributed by atoms with Crippen molar-refractivity contribution < 1.29 is 0 Å². The predicted octanol–water partition coefficient (Wildman–Crippen LogP) is 3.42. The molecule has 0 aliphatic carbocycles. The van der Waals surface area contributed by atoms with Crippen molar-refractivity contribution in [2.75, 3.05) is 6.54 Å². The van der Waals surface area contributed by atoms with Gasteiger partial charge in [0.05, 0.1) is 0 Å². The summed E-state index contributed by atoms with van der Waals surface area (Å²) in [6, 6.07) is 8.29. The molecule has 1 aromatic carbocycles. The first kappa shape index (κ1) is 11.5. The van der Waals surface area contributed by atoms with E-state index in [0.717, 1.165) is 24.7 Å². The summed E-state index contributed by atoms with van der Waals surface area (Å²) >= 11 is 6.00. The summed E-state index contributed by atoms with van der Waals surface area (Å²) < 4.78 is 2.33. The monoisotopic (exact) mass is 236 g/mol. The van der Waals surface area contributed by atoms with Gasteiger partial charge in [-0.15, -0.1) is 0 Å². The molecule has 2 rings (SSSR count). The number of rotatable bonds is 4. The van der Waals surface area contributed by atoms with E-state index in [9.17, 15) is 0 Å². The molecule has 0 spiro atoms. The molecule has 0 unspecified atom stereocenters. The van der Waals surface area contributed by atoms with Crippen molar-refractivity contribution in [3.8, 4) is 0 Å². The van der Waals surface area contributed by atoms with Gasteiger partial charge in [0.15, 0.2) is 0 Å². The SMILES string of the molecule is CCNCc1cc2cc(Cl)ccc2n1CC. The van der Waals surface area contributed by atoms with Crippen molar-refractivity contribution in [2.45, 2.75) is 26.9 Å². The number of nitrogens with one attached hydrogen (secondary N) is 1. The third-order valence-electron chi connectivity index (χ3n) is 2.82. The molecule has 0 aliphatic heterocycles. The van der Waals surface area contributed by atoms with Crippen LogP contribution in [-0.2, 0) is 13.1 Å². The Morgan fingerprint density at radius 2 is 2.06 bits per heavy atom. The van der Waals surface area contributed by atoms with E-state index in [2.05, 4.69) is 35.9 Å². The van der Waals surface area contributed by atoms with Gasteiger partial charge in [-0.3, -0.25) is 0 Å². The minimum Gasteiger partial charge on any atom is -0.344 e. The summed E-state index contributed by atoms with van der Waals surface area (Å²) in [7, 11) is 0. The highest BCUT2D eigenvalue weighted by Gasteiger charge is 2.06. The Bertz CT molecular complexity index is 488. The number of benzene rings is 1. The summed E-state index contributed by atoms with van der Waals surface area (Å²) in [5.41, 5.74) is 2.58. The fourth-order valence-corrected chi connectivity index (χ4v) is 2.25. The Hall–Kier alpha value is -0.990. The van der Waals surface area contributed by atoms with Crippen molar-refractivity contribution in [1.29, 1.82) is 0 Å². The topological polar surface area (TPSA) is 17.0 Å². The molecule has 0 radical (unpaired) electrons. The van der Waals surface area contributed by atoms with Crippen LogP contribution >= 0.6 is 11.6 Å². The molecule has 1 aromatic heterocycles. The first-order chi connectivity index (χ1) is 7.76. The molecular weight excluding hydrogens is 220 g/mol. The number of hydrogen-bond donors (Lipinski definition) is 1. The normalized spacial score (nSPS) is 11.2.